The van der Waals surface area contributed by atoms with E-state index in [9.17, 15) is 0 Å². The molecule has 0 radical (unpaired) electrons. The molecule has 0 bridgehead atoms. The first kappa shape index (κ1) is 7.60. The van der Waals surface area contributed by atoms with Gasteiger partial charge in [-0.25, -0.2) is 0 Å². The highest BCUT2D eigenvalue weighted by Crippen LogP contribution is 2.07. The Hall–Kier alpha value is -1.51. The smallest absolute Gasteiger partial charge is 0.142 e. The molecule has 0 spiro atoms. The van der Waals surface area contributed by atoms with Crippen molar-refractivity contribution in [3.8, 4) is 0 Å². The van der Waals surface area contributed by atoms with Crippen LogP contribution in [0.1, 0.15) is 5.56 Å². The summed E-state index contributed by atoms with van der Waals surface area (Å²) in [7, 11) is 0. The van der Waals surface area contributed by atoms with Gasteiger partial charge in [0, 0.05) is 12.4 Å². The van der Waals surface area contributed by atoms with Gasteiger partial charge in [-0.05, 0) is 17.7 Å². The zero-order valence-corrected chi connectivity index (χ0v) is 6.16. The molecule has 0 aliphatic carbocycles. The summed E-state index contributed by atoms with van der Waals surface area (Å²) in [6.07, 6.45) is 0. The second-order valence-corrected chi connectivity index (χ2v) is 2.15. The minimum absolute atomic E-state index is 0.425. The topological polar surface area (TPSA) is 47.6 Å². The Morgan fingerprint density at radius 1 is 1.55 bits per heavy atom. The van der Waals surface area contributed by atoms with Crippen molar-refractivity contribution >= 4 is 12.4 Å². The van der Waals surface area contributed by atoms with Gasteiger partial charge in [0.2, 0.25) is 0 Å². The first-order valence-corrected chi connectivity index (χ1v) is 3.25. The number of hydrogen-bond donors (Lipinski definition) is 1. The summed E-state index contributed by atoms with van der Waals surface area (Å²) in [5, 5.41) is 3.27. The number of rotatable bonds is 3. The largest absolute Gasteiger partial charge is 0.399 e. The van der Waals surface area contributed by atoms with Crippen molar-refractivity contribution in [2.45, 2.75) is 6.61 Å². The molecule has 1 aromatic rings. The average Bonchev–Trinajstić information content (AvgIpc) is 2.01. The molecule has 3 heteroatoms. The van der Waals surface area contributed by atoms with Gasteiger partial charge < -0.3 is 10.6 Å². The zero-order valence-electron chi connectivity index (χ0n) is 6.16. The van der Waals surface area contributed by atoms with Crippen LogP contribution in [0.2, 0.25) is 0 Å². The van der Waals surface area contributed by atoms with E-state index in [1.807, 2.05) is 24.3 Å². The molecule has 1 aromatic carbocycles. The van der Waals surface area contributed by atoms with Crippen molar-refractivity contribution < 1.29 is 4.84 Å². The first-order valence-electron chi connectivity index (χ1n) is 3.25. The van der Waals surface area contributed by atoms with Crippen molar-refractivity contribution in [1.82, 2.24) is 0 Å². The molecule has 1 rings (SSSR count). The molecule has 0 aliphatic heterocycles. The third kappa shape index (κ3) is 2.29. The molecule has 58 valence electrons. The summed E-state index contributed by atoms with van der Waals surface area (Å²) in [6.45, 7) is 3.62. The van der Waals surface area contributed by atoms with Crippen LogP contribution in [0, 0.1) is 0 Å². The van der Waals surface area contributed by atoms with E-state index in [-0.39, 0.29) is 0 Å². The minimum atomic E-state index is 0.425. The number of hydrogen-bond acceptors (Lipinski definition) is 3. The van der Waals surface area contributed by atoms with Crippen LogP contribution in [0.5, 0.6) is 0 Å². The quantitative estimate of drug-likeness (QED) is 0.402. The highest BCUT2D eigenvalue weighted by molar-refractivity contribution is 5.40. The molecule has 0 saturated heterocycles. The van der Waals surface area contributed by atoms with Crippen molar-refractivity contribution in [2.24, 2.45) is 5.16 Å². The normalized spacial score (nSPS) is 9.09. The third-order valence-electron chi connectivity index (χ3n) is 1.27. The summed E-state index contributed by atoms with van der Waals surface area (Å²) in [6, 6.07) is 7.45. The van der Waals surface area contributed by atoms with Gasteiger partial charge in [-0.1, -0.05) is 12.1 Å². The molecule has 0 aromatic heterocycles. The molecule has 3 nitrogen and oxygen atoms in total. The molecular formula is C8H10N2O. The van der Waals surface area contributed by atoms with Crippen LogP contribution in [0.15, 0.2) is 29.4 Å². The SMILES string of the molecule is C=NOCc1cccc(N)c1. The van der Waals surface area contributed by atoms with E-state index in [1.165, 1.54) is 0 Å². The van der Waals surface area contributed by atoms with E-state index >= 15 is 0 Å². The molecule has 0 atom stereocenters. The molecule has 0 aliphatic rings. The number of benzene rings is 1. The predicted molar refractivity (Wildman–Crippen MR) is 45.2 cm³/mol. The molecule has 0 amide bonds. The molecule has 0 unspecified atom stereocenters. The van der Waals surface area contributed by atoms with Gasteiger partial charge >= 0.3 is 0 Å². The lowest BCUT2D eigenvalue weighted by Gasteiger charge is -1.99. The number of nitrogens with zero attached hydrogens (tertiary/aromatic N) is 1. The van der Waals surface area contributed by atoms with E-state index in [1.54, 1.807) is 0 Å². The lowest BCUT2D eigenvalue weighted by molar-refractivity contribution is 0.133. The Balaban J connectivity index is 2.63. The standard InChI is InChI=1S/C8H10N2O/c1-10-11-6-7-3-2-4-8(9)5-7/h2-5H,1,6,9H2. The number of oxime groups is 1. The monoisotopic (exact) mass is 150 g/mol. The highest BCUT2D eigenvalue weighted by Gasteiger charge is 1.91. The fraction of sp³-hybridized carbons (Fsp3) is 0.125. The number of nitrogen functional groups attached to an aromatic ring is 1. The van der Waals surface area contributed by atoms with Crippen molar-refractivity contribution in [3.05, 3.63) is 29.8 Å². The maximum Gasteiger partial charge on any atom is 0.142 e. The molecule has 0 heterocycles. The fourth-order valence-corrected chi connectivity index (χ4v) is 0.803. The minimum Gasteiger partial charge on any atom is -0.399 e. The van der Waals surface area contributed by atoms with Gasteiger partial charge in [0.25, 0.3) is 0 Å². The van der Waals surface area contributed by atoms with Gasteiger partial charge in [0.1, 0.15) is 6.61 Å². The van der Waals surface area contributed by atoms with E-state index in [0.29, 0.717) is 6.61 Å². The Kier molecular flexibility index (Phi) is 2.49. The Morgan fingerprint density at radius 2 is 2.36 bits per heavy atom. The van der Waals surface area contributed by atoms with Crippen LogP contribution in [0.3, 0.4) is 0 Å². The maximum absolute atomic E-state index is 5.53. The zero-order chi connectivity index (χ0) is 8.10. The third-order valence-corrected chi connectivity index (χ3v) is 1.27. The number of anilines is 1. The summed E-state index contributed by atoms with van der Waals surface area (Å²) >= 11 is 0. The summed E-state index contributed by atoms with van der Waals surface area (Å²) in [4.78, 5) is 4.73. The molecular weight excluding hydrogens is 140 g/mol. The van der Waals surface area contributed by atoms with Crippen LogP contribution < -0.4 is 5.73 Å². The van der Waals surface area contributed by atoms with E-state index in [0.717, 1.165) is 11.3 Å². The fourth-order valence-electron chi connectivity index (χ4n) is 0.803. The maximum atomic E-state index is 5.53. The summed E-state index contributed by atoms with van der Waals surface area (Å²) in [5.41, 5.74) is 7.26. The van der Waals surface area contributed by atoms with Crippen molar-refractivity contribution in [3.63, 3.8) is 0 Å². The number of nitrogens with two attached hydrogens (primary N) is 1. The van der Waals surface area contributed by atoms with E-state index in [4.69, 9.17) is 10.6 Å². The molecule has 2 N–H and O–H groups in total. The van der Waals surface area contributed by atoms with Gasteiger partial charge in [0.05, 0.1) is 0 Å². The van der Waals surface area contributed by atoms with Crippen LogP contribution in [0.25, 0.3) is 0 Å². The highest BCUT2D eigenvalue weighted by atomic mass is 16.6. The van der Waals surface area contributed by atoms with Crippen LogP contribution in [0.4, 0.5) is 5.69 Å². The summed E-state index contributed by atoms with van der Waals surface area (Å²) in [5.74, 6) is 0. The van der Waals surface area contributed by atoms with Crippen molar-refractivity contribution in [2.75, 3.05) is 5.73 Å². The van der Waals surface area contributed by atoms with E-state index in [2.05, 4.69) is 11.9 Å². The lowest BCUT2D eigenvalue weighted by Crippen LogP contribution is -1.89. The van der Waals surface area contributed by atoms with Crippen LogP contribution >= 0.6 is 0 Å². The van der Waals surface area contributed by atoms with Crippen LogP contribution in [-0.4, -0.2) is 6.72 Å². The van der Waals surface area contributed by atoms with Gasteiger partial charge in [-0.3, -0.25) is 0 Å². The van der Waals surface area contributed by atoms with Gasteiger partial charge in [-0.2, -0.15) is 0 Å². The van der Waals surface area contributed by atoms with Gasteiger partial charge in [0.15, 0.2) is 0 Å². The molecule has 0 fully saturated rings. The Morgan fingerprint density at radius 3 is 3.00 bits per heavy atom. The summed E-state index contributed by atoms with van der Waals surface area (Å²) < 4.78 is 0. The van der Waals surface area contributed by atoms with Crippen LogP contribution in [-0.2, 0) is 11.4 Å². The first-order chi connectivity index (χ1) is 5.33. The molecule has 11 heavy (non-hydrogen) atoms. The Bertz CT molecular complexity index is 248. The lowest BCUT2D eigenvalue weighted by atomic mass is 10.2. The second-order valence-electron chi connectivity index (χ2n) is 2.15. The molecule has 0 saturated carbocycles. The Labute approximate surface area is 65.5 Å². The van der Waals surface area contributed by atoms with E-state index < -0.39 is 0 Å². The van der Waals surface area contributed by atoms with Gasteiger partial charge in [-0.15, -0.1) is 5.16 Å². The average molecular weight is 150 g/mol. The second kappa shape index (κ2) is 3.61. The van der Waals surface area contributed by atoms with Crippen molar-refractivity contribution in [1.29, 1.82) is 0 Å². The predicted octanol–water partition coefficient (Wildman–Crippen LogP) is 1.40.